The van der Waals surface area contributed by atoms with E-state index in [0.717, 1.165) is 0 Å². The molecule has 2 aromatic rings. The van der Waals surface area contributed by atoms with Crippen LogP contribution in [-0.4, -0.2) is 34.1 Å². The summed E-state index contributed by atoms with van der Waals surface area (Å²) in [5.74, 6) is 0.892. The molecule has 3 rings (SSSR count). The first-order chi connectivity index (χ1) is 9.28. The molecule has 3 heterocycles. The number of furan rings is 1. The highest BCUT2D eigenvalue weighted by molar-refractivity contribution is 5.94. The summed E-state index contributed by atoms with van der Waals surface area (Å²) >= 11 is 0. The van der Waals surface area contributed by atoms with Crippen LogP contribution in [0.4, 0.5) is 5.95 Å². The predicted octanol–water partition coefficient (Wildman–Crippen LogP) is 1.08. The average molecular weight is 259 g/mol. The minimum absolute atomic E-state index is 0.000114. The van der Waals surface area contributed by atoms with Crippen LogP contribution in [0.1, 0.15) is 6.42 Å². The Kier molecular flexibility index (Phi) is 3.00. The molecule has 1 saturated heterocycles. The van der Waals surface area contributed by atoms with Crippen molar-refractivity contribution in [2.45, 2.75) is 6.42 Å². The van der Waals surface area contributed by atoms with Crippen LogP contribution in [0.3, 0.4) is 0 Å². The Hall–Kier alpha value is -2.21. The highest BCUT2D eigenvalue weighted by Crippen LogP contribution is 2.24. The lowest BCUT2D eigenvalue weighted by atomic mass is 10.1. The first-order valence-electron chi connectivity index (χ1n) is 6.06. The zero-order valence-electron chi connectivity index (χ0n) is 10.2. The van der Waals surface area contributed by atoms with Gasteiger partial charge in [-0.15, -0.1) is 0 Å². The number of rotatable bonds is 3. The third kappa shape index (κ3) is 2.22. The molecule has 2 aromatic heterocycles. The molecular formula is C13H13N3O3. The minimum atomic E-state index is -0.0596. The summed E-state index contributed by atoms with van der Waals surface area (Å²) in [6, 6.07) is 5.31. The molecule has 1 unspecified atom stereocenters. The van der Waals surface area contributed by atoms with Gasteiger partial charge in [-0.25, -0.2) is 9.97 Å². The van der Waals surface area contributed by atoms with Gasteiger partial charge in [0.2, 0.25) is 11.9 Å². The highest BCUT2D eigenvalue weighted by Gasteiger charge is 2.31. The Morgan fingerprint density at radius 2 is 2.37 bits per heavy atom. The molecule has 0 aliphatic carbocycles. The van der Waals surface area contributed by atoms with E-state index in [1.54, 1.807) is 30.7 Å². The molecule has 1 amide bonds. The topological polar surface area (TPSA) is 79.5 Å². The fraction of sp³-hybridized carbons (Fsp3) is 0.308. The summed E-state index contributed by atoms with van der Waals surface area (Å²) in [6.45, 7) is 0.455. The molecule has 0 bridgehead atoms. The van der Waals surface area contributed by atoms with Crippen LogP contribution in [0.2, 0.25) is 0 Å². The third-order valence-corrected chi connectivity index (χ3v) is 3.12. The van der Waals surface area contributed by atoms with Crippen LogP contribution in [0.5, 0.6) is 0 Å². The summed E-state index contributed by atoms with van der Waals surface area (Å²) in [5, 5.41) is 9.12. The third-order valence-electron chi connectivity index (χ3n) is 3.12. The molecule has 1 N–H and O–H groups in total. The van der Waals surface area contributed by atoms with Crippen LogP contribution in [-0.2, 0) is 4.79 Å². The van der Waals surface area contributed by atoms with Crippen molar-refractivity contribution in [2.24, 2.45) is 5.92 Å². The smallest absolute Gasteiger partial charge is 0.232 e. The summed E-state index contributed by atoms with van der Waals surface area (Å²) < 4.78 is 5.27. The zero-order valence-corrected chi connectivity index (χ0v) is 10.2. The number of anilines is 1. The van der Waals surface area contributed by atoms with Gasteiger partial charge in [-0.3, -0.25) is 9.69 Å². The van der Waals surface area contributed by atoms with Crippen molar-refractivity contribution < 1.29 is 14.3 Å². The Balaban J connectivity index is 1.90. The molecule has 6 heteroatoms. The number of carbonyl (C=O) groups excluding carboxylic acids is 1. The molecule has 1 aliphatic rings. The monoisotopic (exact) mass is 259 g/mol. The van der Waals surface area contributed by atoms with Crippen molar-refractivity contribution in [1.82, 2.24) is 9.97 Å². The summed E-state index contributed by atoms with van der Waals surface area (Å²) in [6.07, 6.45) is 3.50. The fourth-order valence-electron chi connectivity index (χ4n) is 2.14. The Bertz CT molecular complexity index is 583. The number of hydrogen-bond acceptors (Lipinski definition) is 5. The van der Waals surface area contributed by atoms with Gasteiger partial charge in [0.1, 0.15) is 5.69 Å². The molecule has 0 saturated carbocycles. The maximum atomic E-state index is 11.9. The van der Waals surface area contributed by atoms with Crippen LogP contribution in [0.25, 0.3) is 11.5 Å². The second-order valence-electron chi connectivity index (χ2n) is 4.48. The van der Waals surface area contributed by atoms with Gasteiger partial charge < -0.3 is 9.52 Å². The van der Waals surface area contributed by atoms with E-state index in [-0.39, 0.29) is 18.4 Å². The minimum Gasteiger partial charge on any atom is -0.463 e. The lowest BCUT2D eigenvalue weighted by Gasteiger charge is -2.14. The lowest BCUT2D eigenvalue weighted by Crippen LogP contribution is -2.27. The number of aromatic nitrogens is 2. The SMILES string of the molecule is O=C1CC(CO)CN1c1nccc(-c2ccco2)n1. The van der Waals surface area contributed by atoms with Gasteiger partial charge in [-0.2, -0.15) is 0 Å². The van der Waals surface area contributed by atoms with Gasteiger partial charge >= 0.3 is 0 Å². The quantitative estimate of drug-likeness (QED) is 0.892. The molecule has 0 aromatic carbocycles. The number of amides is 1. The van der Waals surface area contributed by atoms with E-state index < -0.39 is 0 Å². The summed E-state index contributed by atoms with van der Waals surface area (Å²) in [4.78, 5) is 21.8. The van der Waals surface area contributed by atoms with Crippen molar-refractivity contribution in [3.63, 3.8) is 0 Å². The van der Waals surface area contributed by atoms with E-state index >= 15 is 0 Å². The second-order valence-corrected chi connectivity index (χ2v) is 4.48. The lowest BCUT2D eigenvalue weighted by molar-refractivity contribution is -0.117. The van der Waals surface area contributed by atoms with Gasteiger partial charge in [0.05, 0.1) is 6.26 Å². The zero-order chi connectivity index (χ0) is 13.2. The first-order valence-corrected chi connectivity index (χ1v) is 6.06. The molecule has 6 nitrogen and oxygen atoms in total. The van der Waals surface area contributed by atoms with Gasteiger partial charge in [0, 0.05) is 31.7 Å². The van der Waals surface area contributed by atoms with E-state index in [4.69, 9.17) is 9.52 Å². The van der Waals surface area contributed by atoms with E-state index in [9.17, 15) is 4.79 Å². The number of aliphatic hydroxyl groups is 1. The van der Waals surface area contributed by atoms with Crippen molar-refractivity contribution >= 4 is 11.9 Å². The number of carbonyl (C=O) groups is 1. The molecule has 0 radical (unpaired) electrons. The molecule has 98 valence electrons. The molecule has 1 atom stereocenters. The van der Waals surface area contributed by atoms with Crippen LogP contribution in [0.15, 0.2) is 35.1 Å². The van der Waals surface area contributed by atoms with E-state index in [1.165, 1.54) is 4.90 Å². The highest BCUT2D eigenvalue weighted by atomic mass is 16.3. The van der Waals surface area contributed by atoms with Crippen molar-refractivity contribution in [3.05, 3.63) is 30.7 Å². The maximum Gasteiger partial charge on any atom is 0.232 e. The van der Waals surface area contributed by atoms with Gasteiger partial charge in [0.15, 0.2) is 5.76 Å². The average Bonchev–Trinajstić information content (AvgIpc) is 3.08. The van der Waals surface area contributed by atoms with Crippen LogP contribution < -0.4 is 4.90 Å². The summed E-state index contributed by atoms with van der Waals surface area (Å²) in [5.41, 5.74) is 0.634. The maximum absolute atomic E-state index is 11.9. The van der Waals surface area contributed by atoms with Crippen molar-refractivity contribution in [3.8, 4) is 11.5 Å². The van der Waals surface area contributed by atoms with E-state index in [2.05, 4.69) is 9.97 Å². The number of aliphatic hydroxyl groups excluding tert-OH is 1. The molecule has 19 heavy (non-hydrogen) atoms. The Morgan fingerprint density at radius 1 is 1.47 bits per heavy atom. The largest absolute Gasteiger partial charge is 0.463 e. The molecular weight excluding hydrogens is 246 g/mol. The van der Waals surface area contributed by atoms with Crippen LogP contribution >= 0.6 is 0 Å². The molecule has 0 spiro atoms. The first kappa shape index (κ1) is 11.9. The predicted molar refractivity (Wildman–Crippen MR) is 67.3 cm³/mol. The van der Waals surface area contributed by atoms with E-state index in [0.29, 0.717) is 30.4 Å². The Morgan fingerprint density at radius 3 is 3.05 bits per heavy atom. The van der Waals surface area contributed by atoms with Gasteiger partial charge in [-0.1, -0.05) is 0 Å². The summed E-state index contributed by atoms with van der Waals surface area (Å²) in [7, 11) is 0. The number of nitrogens with zero attached hydrogens (tertiary/aromatic N) is 3. The molecule has 1 fully saturated rings. The van der Waals surface area contributed by atoms with Crippen molar-refractivity contribution in [1.29, 1.82) is 0 Å². The standard InChI is InChI=1S/C13H13N3O3/c17-8-9-6-12(18)16(7-9)13-14-4-3-10(15-13)11-2-1-5-19-11/h1-5,9,17H,6-8H2. The second kappa shape index (κ2) is 4.81. The van der Waals surface area contributed by atoms with Crippen molar-refractivity contribution in [2.75, 3.05) is 18.1 Å². The van der Waals surface area contributed by atoms with E-state index in [1.807, 2.05) is 0 Å². The fourth-order valence-corrected chi connectivity index (χ4v) is 2.14. The number of hydrogen-bond donors (Lipinski definition) is 1. The Labute approximate surface area is 109 Å². The normalized spacial score (nSPS) is 19.1. The van der Waals surface area contributed by atoms with Gasteiger partial charge in [0.25, 0.3) is 0 Å². The van der Waals surface area contributed by atoms with Crippen LogP contribution in [0, 0.1) is 5.92 Å². The van der Waals surface area contributed by atoms with Gasteiger partial charge in [-0.05, 0) is 18.2 Å². The molecule has 1 aliphatic heterocycles.